The van der Waals surface area contributed by atoms with E-state index >= 15 is 0 Å². The molecule has 3 aromatic carbocycles. The number of carboxylic acid groups (broad SMARTS) is 1. The van der Waals surface area contributed by atoms with Crippen LogP contribution in [0.1, 0.15) is 37.4 Å². The molecule has 1 aromatic heterocycles. The summed E-state index contributed by atoms with van der Waals surface area (Å²) in [6.45, 7) is 4.88. The maximum atomic E-state index is 12.8. The molecule has 11 nitrogen and oxygen atoms in total. The van der Waals surface area contributed by atoms with E-state index in [1.165, 1.54) is 16.6 Å². The number of carboxylic acids is 1. The van der Waals surface area contributed by atoms with Crippen molar-refractivity contribution < 1.29 is 28.2 Å². The van der Waals surface area contributed by atoms with Gasteiger partial charge in [-0.3, -0.25) is 9.69 Å². The number of hydrogen-bond donors (Lipinski definition) is 4. The van der Waals surface area contributed by atoms with Crippen LogP contribution in [0.25, 0.3) is 10.9 Å². The fourth-order valence-corrected chi connectivity index (χ4v) is 6.02. The first-order valence-electron chi connectivity index (χ1n) is 13.8. The number of aromatic carboxylic acids is 1. The van der Waals surface area contributed by atoms with Crippen LogP contribution in [0.4, 0.5) is 5.69 Å². The molecular formula is C31H33N5O6S. The number of aromatic amines is 1. The zero-order valence-electron chi connectivity index (χ0n) is 23.9. The summed E-state index contributed by atoms with van der Waals surface area (Å²) in [5, 5.41) is 24.0. The number of aliphatic imine (C=N–C) groups is 1. The van der Waals surface area contributed by atoms with Crippen LogP contribution in [0, 0.1) is 6.92 Å². The summed E-state index contributed by atoms with van der Waals surface area (Å²) in [6.07, 6.45) is 1.22. The van der Waals surface area contributed by atoms with Gasteiger partial charge in [-0.2, -0.15) is 4.31 Å². The molecule has 2 heterocycles. The Hall–Kier alpha value is -4.52. The molecule has 1 fully saturated rings. The highest BCUT2D eigenvalue weighted by Crippen LogP contribution is 2.33. The second-order valence-corrected chi connectivity index (χ2v) is 12.5. The van der Waals surface area contributed by atoms with Crippen LogP contribution in [0.5, 0.6) is 5.88 Å². The average molecular weight is 604 g/mol. The number of aromatic nitrogens is 1. The summed E-state index contributed by atoms with van der Waals surface area (Å²) < 4.78 is 24.8. The van der Waals surface area contributed by atoms with Crippen molar-refractivity contribution in [1.82, 2.24) is 19.5 Å². The zero-order valence-corrected chi connectivity index (χ0v) is 24.7. The van der Waals surface area contributed by atoms with E-state index in [4.69, 9.17) is 4.99 Å². The molecule has 0 unspecified atom stereocenters. The SMILES string of the molecule is Cc1cc2c(C(=Nc3ccc(C(=O)NCCN4CCN(S(C)(=O)=O)CC4)cc3)c3ccccc3)c(O)[nH]c2cc1C(=O)O. The highest BCUT2D eigenvalue weighted by molar-refractivity contribution is 7.88. The lowest BCUT2D eigenvalue weighted by molar-refractivity contribution is 0.0696. The Bertz CT molecular complexity index is 1790. The summed E-state index contributed by atoms with van der Waals surface area (Å²) in [5.74, 6) is -1.41. The van der Waals surface area contributed by atoms with Crippen LogP contribution in [0.2, 0.25) is 0 Å². The summed E-state index contributed by atoms with van der Waals surface area (Å²) in [6, 6.07) is 19.4. The molecule has 1 saturated heterocycles. The van der Waals surface area contributed by atoms with Crippen molar-refractivity contribution in [2.24, 2.45) is 4.99 Å². The Morgan fingerprint density at radius 1 is 0.977 bits per heavy atom. The molecule has 0 spiro atoms. The molecule has 4 N–H and O–H groups in total. The topological polar surface area (TPSA) is 155 Å². The molecule has 1 aliphatic heterocycles. The van der Waals surface area contributed by atoms with Crippen LogP contribution in [-0.2, 0) is 10.0 Å². The Labute approximate surface area is 249 Å². The molecule has 1 amide bonds. The van der Waals surface area contributed by atoms with Gasteiger partial charge in [0.2, 0.25) is 10.0 Å². The van der Waals surface area contributed by atoms with Crippen LogP contribution >= 0.6 is 0 Å². The monoisotopic (exact) mass is 603 g/mol. The van der Waals surface area contributed by atoms with Gasteiger partial charge >= 0.3 is 5.97 Å². The number of piperazine rings is 1. The molecule has 1 aliphatic rings. The first-order valence-corrected chi connectivity index (χ1v) is 15.6. The van der Waals surface area contributed by atoms with Gasteiger partial charge in [0.25, 0.3) is 5.91 Å². The zero-order chi connectivity index (χ0) is 30.7. The van der Waals surface area contributed by atoms with Crippen molar-refractivity contribution >= 4 is 44.2 Å². The van der Waals surface area contributed by atoms with Gasteiger partial charge < -0.3 is 20.5 Å². The van der Waals surface area contributed by atoms with Gasteiger partial charge in [0.15, 0.2) is 5.88 Å². The number of nitrogens with one attached hydrogen (secondary N) is 2. The summed E-state index contributed by atoms with van der Waals surface area (Å²) in [5.41, 5.74) is 3.88. The molecule has 5 rings (SSSR count). The van der Waals surface area contributed by atoms with Gasteiger partial charge in [0.05, 0.1) is 28.8 Å². The lowest BCUT2D eigenvalue weighted by Gasteiger charge is -2.33. The highest BCUT2D eigenvalue weighted by atomic mass is 32.2. The highest BCUT2D eigenvalue weighted by Gasteiger charge is 2.23. The smallest absolute Gasteiger partial charge is 0.336 e. The van der Waals surface area contributed by atoms with Gasteiger partial charge in [-0.25, -0.2) is 18.2 Å². The fraction of sp³-hybridized carbons (Fsp3) is 0.258. The van der Waals surface area contributed by atoms with Gasteiger partial charge in [-0.15, -0.1) is 0 Å². The lowest BCUT2D eigenvalue weighted by atomic mass is 9.98. The van der Waals surface area contributed by atoms with Crippen molar-refractivity contribution in [2.45, 2.75) is 6.92 Å². The normalized spacial score (nSPS) is 15.1. The number of nitrogens with zero attached hydrogens (tertiary/aromatic N) is 3. The first kappa shape index (κ1) is 30.0. The maximum Gasteiger partial charge on any atom is 0.336 e. The fourth-order valence-electron chi connectivity index (χ4n) is 5.20. The molecule has 4 aromatic rings. The van der Waals surface area contributed by atoms with Crippen LogP contribution < -0.4 is 5.32 Å². The van der Waals surface area contributed by atoms with Gasteiger partial charge in [0.1, 0.15) is 0 Å². The van der Waals surface area contributed by atoms with Crippen molar-refractivity contribution in [1.29, 1.82) is 0 Å². The second-order valence-electron chi connectivity index (χ2n) is 10.5. The van der Waals surface area contributed by atoms with E-state index in [1.807, 2.05) is 30.3 Å². The number of aryl methyl sites for hydroxylation is 1. The third kappa shape index (κ3) is 6.77. The number of carbonyl (C=O) groups is 2. The standard InChI is InChI=1S/C31H33N5O6S/c1-20-18-25-26(19-24(20)31(39)40)34-30(38)27(25)28(21-6-4-3-5-7-21)33-23-10-8-22(9-11-23)29(37)32-12-13-35-14-16-36(17-15-35)43(2,41)42/h3-11,18-19,34,38H,12-17H2,1-2H3,(H,32,37)(H,39,40). The number of amides is 1. The minimum atomic E-state index is -3.18. The van der Waals surface area contributed by atoms with Crippen LogP contribution in [0.15, 0.2) is 71.7 Å². The molecule has 0 saturated carbocycles. The van der Waals surface area contributed by atoms with Crippen LogP contribution in [-0.4, -0.2) is 95.9 Å². The number of carbonyl (C=O) groups excluding carboxylic acids is 1. The van der Waals surface area contributed by atoms with Crippen molar-refractivity contribution in [3.05, 3.63) is 94.5 Å². The number of fused-ring (bicyclic) bond motifs is 1. The summed E-state index contributed by atoms with van der Waals surface area (Å²) >= 11 is 0. The van der Waals surface area contributed by atoms with Crippen molar-refractivity contribution in [2.75, 3.05) is 45.5 Å². The summed E-state index contributed by atoms with van der Waals surface area (Å²) in [7, 11) is -3.18. The van der Waals surface area contributed by atoms with E-state index < -0.39 is 16.0 Å². The van der Waals surface area contributed by atoms with Gasteiger partial charge in [0, 0.05) is 61.3 Å². The minimum Gasteiger partial charge on any atom is -0.494 e. The molecule has 0 aliphatic carbocycles. The minimum absolute atomic E-state index is 0.131. The third-order valence-electron chi connectivity index (χ3n) is 7.52. The van der Waals surface area contributed by atoms with Gasteiger partial charge in [-0.1, -0.05) is 30.3 Å². The van der Waals surface area contributed by atoms with E-state index in [9.17, 15) is 28.2 Å². The lowest BCUT2D eigenvalue weighted by Crippen LogP contribution is -2.49. The van der Waals surface area contributed by atoms with E-state index in [1.54, 1.807) is 37.3 Å². The number of aromatic hydroxyl groups is 1. The molecule has 224 valence electrons. The number of benzene rings is 3. The number of H-pyrrole nitrogens is 1. The number of rotatable bonds is 9. The largest absolute Gasteiger partial charge is 0.494 e. The predicted octanol–water partition coefficient (Wildman–Crippen LogP) is 3.36. The Kier molecular flexibility index (Phi) is 8.62. The molecule has 12 heteroatoms. The molecule has 0 bridgehead atoms. The van der Waals surface area contributed by atoms with E-state index in [0.29, 0.717) is 78.3 Å². The number of hydrogen-bond acceptors (Lipinski definition) is 7. The van der Waals surface area contributed by atoms with Crippen molar-refractivity contribution in [3.63, 3.8) is 0 Å². The Morgan fingerprint density at radius 2 is 1.65 bits per heavy atom. The molecule has 0 radical (unpaired) electrons. The predicted molar refractivity (Wildman–Crippen MR) is 165 cm³/mol. The van der Waals surface area contributed by atoms with E-state index in [2.05, 4.69) is 15.2 Å². The number of sulfonamides is 1. The molecule has 0 atom stereocenters. The quantitative estimate of drug-likeness (QED) is 0.214. The second kappa shape index (κ2) is 12.4. The van der Waals surface area contributed by atoms with Gasteiger partial charge in [-0.05, 0) is 48.9 Å². The first-order chi connectivity index (χ1) is 20.5. The van der Waals surface area contributed by atoms with E-state index in [0.717, 1.165) is 5.56 Å². The third-order valence-corrected chi connectivity index (χ3v) is 8.83. The molecular weight excluding hydrogens is 570 g/mol. The molecule has 43 heavy (non-hydrogen) atoms. The van der Waals surface area contributed by atoms with Crippen molar-refractivity contribution in [3.8, 4) is 5.88 Å². The van der Waals surface area contributed by atoms with E-state index in [-0.39, 0.29) is 17.4 Å². The Morgan fingerprint density at radius 3 is 2.28 bits per heavy atom. The summed E-state index contributed by atoms with van der Waals surface area (Å²) in [4.78, 5) is 34.3. The van der Waals surface area contributed by atoms with Crippen LogP contribution in [0.3, 0.4) is 0 Å². The Balaban J connectivity index is 1.33. The average Bonchev–Trinajstić information content (AvgIpc) is 3.30. The maximum absolute atomic E-state index is 12.8.